The molecule has 2 aromatic rings. The van der Waals surface area contributed by atoms with Crippen molar-refractivity contribution >= 4 is 11.3 Å². The molecular weight excluding hydrogens is 263 g/mol. The Hall–Kier alpha value is -1.46. The molecule has 0 aliphatic heterocycles. The lowest BCUT2D eigenvalue weighted by Gasteiger charge is -2.10. The van der Waals surface area contributed by atoms with Gasteiger partial charge in [-0.05, 0) is 30.5 Å². The Bertz CT molecular complexity index is 502. The summed E-state index contributed by atoms with van der Waals surface area (Å²) in [5, 5.41) is 5.23. The summed E-state index contributed by atoms with van der Waals surface area (Å²) in [5.41, 5.74) is 0.755. The smallest absolute Gasteiger partial charge is 0.218 e. The summed E-state index contributed by atoms with van der Waals surface area (Å²) in [6.45, 7) is 4.02. The molecule has 102 valence electrons. The van der Waals surface area contributed by atoms with Crippen LogP contribution in [0.3, 0.4) is 0 Å². The van der Waals surface area contributed by atoms with Gasteiger partial charge in [-0.3, -0.25) is 0 Å². The van der Waals surface area contributed by atoms with Crippen molar-refractivity contribution in [1.82, 2.24) is 10.3 Å². The maximum atomic E-state index is 13.2. The summed E-state index contributed by atoms with van der Waals surface area (Å²) in [7, 11) is 0. The molecule has 0 unspecified atom stereocenters. The highest BCUT2D eigenvalue weighted by atomic mass is 32.1. The zero-order valence-corrected chi connectivity index (χ0v) is 11.7. The number of aromatic nitrogens is 1. The molecule has 0 bridgehead atoms. The monoisotopic (exact) mass is 280 g/mol. The zero-order valence-electron chi connectivity index (χ0n) is 10.9. The molecule has 5 heteroatoms. The first kappa shape index (κ1) is 14.0. The van der Waals surface area contributed by atoms with Crippen molar-refractivity contribution in [3.63, 3.8) is 0 Å². The van der Waals surface area contributed by atoms with E-state index in [1.54, 1.807) is 11.3 Å². The number of halogens is 1. The Morgan fingerprint density at radius 1 is 1.47 bits per heavy atom. The molecule has 2 heterocycles. The Labute approximate surface area is 116 Å². The number of hydrogen-bond acceptors (Lipinski definition) is 4. The van der Waals surface area contributed by atoms with Crippen LogP contribution in [0.25, 0.3) is 0 Å². The minimum atomic E-state index is -0.336. The topological polar surface area (TPSA) is 34.2 Å². The van der Waals surface area contributed by atoms with Gasteiger partial charge in [-0.2, -0.15) is 0 Å². The molecule has 0 aliphatic rings. The fraction of sp³-hybridized carbons (Fsp3) is 0.357. The Morgan fingerprint density at radius 2 is 2.37 bits per heavy atom. The van der Waals surface area contributed by atoms with Crippen molar-refractivity contribution in [1.29, 1.82) is 0 Å². The van der Waals surface area contributed by atoms with Gasteiger partial charge in [-0.1, -0.05) is 13.0 Å². The largest absolute Gasteiger partial charge is 0.472 e. The van der Waals surface area contributed by atoms with E-state index in [0.717, 1.165) is 23.4 Å². The summed E-state index contributed by atoms with van der Waals surface area (Å²) in [5.74, 6) is 0.162. The average molecular weight is 280 g/mol. The van der Waals surface area contributed by atoms with Crippen molar-refractivity contribution in [3.05, 3.63) is 46.0 Å². The van der Waals surface area contributed by atoms with Crippen LogP contribution in [-0.2, 0) is 13.2 Å². The van der Waals surface area contributed by atoms with E-state index in [1.165, 1.54) is 12.3 Å². The highest BCUT2D eigenvalue weighted by Gasteiger charge is 2.07. The Kier molecular flexibility index (Phi) is 5.30. The van der Waals surface area contributed by atoms with Crippen molar-refractivity contribution in [2.45, 2.75) is 26.5 Å². The molecule has 3 nitrogen and oxygen atoms in total. The summed E-state index contributed by atoms with van der Waals surface area (Å²) >= 11 is 1.63. The van der Waals surface area contributed by atoms with Crippen molar-refractivity contribution in [2.24, 2.45) is 0 Å². The third kappa shape index (κ3) is 4.29. The van der Waals surface area contributed by atoms with E-state index in [4.69, 9.17) is 4.74 Å². The van der Waals surface area contributed by atoms with Crippen LogP contribution in [0.5, 0.6) is 5.88 Å². The molecule has 0 aromatic carbocycles. The number of rotatable bonds is 7. The number of hydrogen-bond donors (Lipinski definition) is 1. The standard InChI is InChI=1S/C14H17FN2OS/c1-2-5-16-8-11-7-12(15)9-17-14(11)18-10-13-4-3-6-19-13/h3-4,6-7,9,16H,2,5,8,10H2,1H3. The molecule has 0 fully saturated rings. The number of thiophene rings is 1. The number of nitrogens with one attached hydrogen (secondary N) is 1. The molecular formula is C14H17FN2OS. The molecule has 2 rings (SSSR count). The fourth-order valence-electron chi connectivity index (χ4n) is 1.66. The second kappa shape index (κ2) is 7.21. The van der Waals surface area contributed by atoms with Crippen LogP contribution in [0.1, 0.15) is 23.8 Å². The first-order chi connectivity index (χ1) is 9.29. The van der Waals surface area contributed by atoms with E-state index in [1.807, 2.05) is 17.5 Å². The Balaban J connectivity index is 2.01. The minimum absolute atomic E-state index is 0.336. The van der Waals surface area contributed by atoms with Gasteiger partial charge in [0.1, 0.15) is 12.4 Å². The lowest BCUT2D eigenvalue weighted by Crippen LogP contribution is -2.15. The van der Waals surface area contributed by atoms with Gasteiger partial charge < -0.3 is 10.1 Å². The maximum absolute atomic E-state index is 13.2. The zero-order chi connectivity index (χ0) is 13.5. The highest BCUT2D eigenvalue weighted by Crippen LogP contribution is 2.19. The summed E-state index contributed by atoms with van der Waals surface area (Å²) < 4.78 is 18.9. The number of nitrogens with zero attached hydrogens (tertiary/aromatic N) is 1. The van der Waals surface area contributed by atoms with E-state index < -0.39 is 0 Å². The van der Waals surface area contributed by atoms with Gasteiger partial charge in [-0.15, -0.1) is 11.3 Å². The molecule has 1 N–H and O–H groups in total. The SMILES string of the molecule is CCCNCc1cc(F)cnc1OCc1cccs1. The van der Waals surface area contributed by atoms with E-state index in [2.05, 4.69) is 17.2 Å². The van der Waals surface area contributed by atoms with E-state index >= 15 is 0 Å². The molecule has 0 spiro atoms. The molecule has 0 radical (unpaired) electrons. The molecule has 0 saturated heterocycles. The fourth-order valence-corrected chi connectivity index (χ4v) is 2.28. The lowest BCUT2D eigenvalue weighted by molar-refractivity contribution is 0.292. The third-order valence-electron chi connectivity index (χ3n) is 2.57. The summed E-state index contributed by atoms with van der Waals surface area (Å²) in [6, 6.07) is 5.45. The molecule has 0 aliphatic carbocycles. The van der Waals surface area contributed by atoms with E-state index in [9.17, 15) is 4.39 Å². The van der Waals surface area contributed by atoms with Gasteiger partial charge in [0.05, 0.1) is 6.20 Å². The van der Waals surface area contributed by atoms with Crippen LogP contribution in [0.15, 0.2) is 29.8 Å². The third-order valence-corrected chi connectivity index (χ3v) is 3.42. The van der Waals surface area contributed by atoms with Crippen LogP contribution in [-0.4, -0.2) is 11.5 Å². The second-order valence-electron chi connectivity index (χ2n) is 4.16. The normalized spacial score (nSPS) is 10.6. The van der Waals surface area contributed by atoms with Crippen molar-refractivity contribution in [2.75, 3.05) is 6.54 Å². The van der Waals surface area contributed by atoms with Crippen LogP contribution >= 0.6 is 11.3 Å². The van der Waals surface area contributed by atoms with Gasteiger partial charge in [-0.25, -0.2) is 9.37 Å². The van der Waals surface area contributed by atoms with Crippen LogP contribution in [0.4, 0.5) is 4.39 Å². The first-order valence-electron chi connectivity index (χ1n) is 6.30. The lowest BCUT2D eigenvalue weighted by atomic mass is 10.2. The maximum Gasteiger partial charge on any atom is 0.218 e. The van der Waals surface area contributed by atoms with Crippen LogP contribution in [0, 0.1) is 5.82 Å². The van der Waals surface area contributed by atoms with Crippen molar-refractivity contribution < 1.29 is 9.13 Å². The van der Waals surface area contributed by atoms with Crippen molar-refractivity contribution in [3.8, 4) is 5.88 Å². The molecule has 19 heavy (non-hydrogen) atoms. The summed E-state index contributed by atoms with van der Waals surface area (Å²) in [6.07, 6.45) is 2.22. The molecule has 0 saturated carbocycles. The second-order valence-corrected chi connectivity index (χ2v) is 5.19. The van der Waals surface area contributed by atoms with Gasteiger partial charge in [0.2, 0.25) is 5.88 Å². The summed E-state index contributed by atoms with van der Waals surface area (Å²) in [4.78, 5) is 5.15. The molecule has 0 amide bonds. The predicted molar refractivity (Wildman–Crippen MR) is 74.8 cm³/mol. The van der Waals surface area contributed by atoms with Gasteiger partial charge >= 0.3 is 0 Å². The van der Waals surface area contributed by atoms with Crippen LogP contribution < -0.4 is 10.1 Å². The van der Waals surface area contributed by atoms with Gasteiger partial charge in [0.15, 0.2) is 0 Å². The van der Waals surface area contributed by atoms with Crippen LogP contribution in [0.2, 0.25) is 0 Å². The number of pyridine rings is 1. The highest BCUT2D eigenvalue weighted by molar-refractivity contribution is 7.09. The molecule has 2 aromatic heterocycles. The minimum Gasteiger partial charge on any atom is -0.472 e. The molecule has 0 atom stereocenters. The Morgan fingerprint density at radius 3 is 3.11 bits per heavy atom. The van der Waals surface area contributed by atoms with E-state index in [0.29, 0.717) is 19.0 Å². The van der Waals surface area contributed by atoms with E-state index in [-0.39, 0.29) is 5.82 Å². The predicted octanol–water partition coefficient (Wildman–Crippen LogP) is 3.36. The number of ether oxygens (including phenoxy) is 1. The van der Waals surface area contributed by atoms with Gasteiger partial charge in [0.25, 0.3) is 0 Å². The first-order valence-corrected chi connectivity index (χ1v) is 7.18. The quantitative estimate of drug-likeness (QED) is 0.790. The van der Waals surface area contributed by atoms with Gasteiger partial charge in [0, 0.05) is 17.0 Å². The average Bonchev–Trinajstić information content (AvgIpc) is 2.91.